The second-order valence-corrected chi connectivity index (χ2v) is 22.9. The maximum Gasteiger partial charge on any atom is 0.412 e. The Morgan fingerprint density at radius 2 is 1.73 bits per heavy atom. The third-order valence-electron chi connectivity index (χ3n) is 12.4. The lowest BCUT2D eigenvalue weighted by Gasteiger charge is -2.39. The van der Waals surface area contributed by atoms with E-state index in [9.17, 15) is 24.6 Å². The highest BCUT2D eigenvalue weighted by atomic mass is 35.5. The zero-order valence-electron chi connectivity index (χ0n) is 36.5. The van der Waals surface area contributed by atoms with E-state index in [2.05, 4.69) is 49.5 Å². The average Bonchev–Trinajstić information content (AvgIpc) is 3.22. The van der Waals surface area contributed by atoms with Crippen LogP contribution in [0.2, 0.25) is 23.2 Å². The lowest BCUT2D eigenvalue weighted by molar-refractivity contribution is -0.116. The van der Waals surface area contributed by atoms with Crippen molar-refractivity contribution in [1.29, 1.82) is 0 Å². The van der Waals surface area contributed by atoms with E-state index in [-0.39, 0.29) is 40.8 Å². The van der Waals surface area contributed by atoms with E-state index in [1.54, 1.807) is 31.4 Å². The molecule has 14 heteroatoms. The van der Waals surface area contributed by atoms with Crippen LogP contribution < -0.4 is 31.6 Å². The standard InChI is InChI=1S/C48H60ClN5O7Si/c1-48(2,3)62(5,6)61-43(36-21-23-41(55)46-37(36)22-24-45(57)53-46)29-51-28-32-26-38(49)39(27-42(32)60-4)52-44(56)14-10-11-30-15-20-35(31-12-8-7-9-13-31)40(25-30)54(47(58)59)34-18-16-33(50)17-19-34/h7-9,12-13,15,20-27,33-34,43,51,55H,10-11,14,16-19,28-29,50H2,1-6H3,(H,52,56)(H,53,57)(H,58,59)/t33?,34?,43-/m1/s1. The van der Waals surface area contributed by atoms with Gasteiger partial charge in [0.1, 0.15) is 11.5 Å². The van der Waals surface area contributed by atoms with Crippen molar-refractivity contribution in [2.24, 2.45) is 5.73 Å². The van der Waals surface area contributed by atoms with Crippen LogP contribution in [0.3, 0.4) is 0 Å². The molecule has 62 heavy (non-hydrogen) atoms. The predicted octanol–water partition coefficient (Wildman–Crippen LogP) is 10.1. The van der Waals surface area contributed by atoms with Gasteiger partial charge in [0.2, 0.25) is 11.5 Å². The summed E-state index contributed by atoms with van der Waals surface area (Å²) < 4.78 is 12.7. The first-order chi connectivity index (χ1) is 29.4. The molecular formula is C48H60ClN5O7Si. The number of H-pyrrole nitrogens is 1. The number of hydrogen-bond donors (Lipinski definition) is 6. The molecule has 1 saturated carbocycles. The molecule has 1 aliphatic rings. The van der Waals surface area contributed by atoms with E-state index in [4.69, 9.17) is 26.5 Å². The fourth-order valence-corrected chi connectivity index (χ4v) is 9.43. The normalized spacial score (nSPS) is 16.2. The van der Waals surface area contributed by atoms with Gasteiger partial charge in [-0.25, -0.2) is 4.79 Å². The van der Waals surface area contributed by atoms with Crippen molar-refractivity contribution in [3.63, 3.8) is 0 Å². The molecule has 0 unspecified atom stereocenters. The Bertz CT molecular complexity index is 2430. The number of halogens is 1. The number of carbonyl (C=O) groups is 2. The molecule has 1 fully saturated rings. The number of aryl methyl sites for hydroxylation is 1. The third-order valence-corrected chi connectivity index (χ3v) is 17.2. The summed E-state index contributed by atoms with van der Waals surface area (Å²) in [5.74, 6) is 0.320. The summed E-state index contributed by atoms with van der Waals surface area (Å²) in [4.78, 5) is 42.5. The van der Waals surface area contributed by atoms with Crippen LogP contribution in [-0.4, -0.2) is 61.3 Å². The lowest BCUT2D eigenvalue weighted by atomic mass is 9.89. The maximum absolute atomic E-state index is 13.3. The van der Waals surface area contributed by atoms with Crippen LogP contribution in [0.15, 0.2) is 89.7 Å². The van der Waals surface area contributed by atoms with E-state index in [0.717, 1.165) is 40.7 Å². The molecule has 5 aromatic rings. The summed E-state index contributed by atoms with van der Waals surface area (Å²) in [6.45, 7) is 11.7. The highest BCUT2D eigenvalue weighted by molar-refractivity contribution is 6.74. The third kappa shape index (κ3) is 11.1. The Morgan fingerprint density at radius 3 is 2.40 bits per heavy atom. The van der Waals surface area contributed by atoms with Crippen LogP contribution in [-0.2, 0) is 22.2 Å². The van der Waals surface area contributed by atoms with Crippen molar-refractivity contribution in [2.75, 3.05) is 23.9 Å². The number of benzene rings is 4. The van der Waals surface area contributed by atoms with Gasteiger partial charge in [-0.2, -0.15) is 0 Å². The monoisotopic (exact) mass is 881 g/mol. The number of aromatic hydroxyl groups is 1. The molecule has 1 heterocycles. The Balaban J connectivity index is 1.13. The topological polar surface area (TPSA) is 179 Å². The zero-order chi connectivity index (χ0) is 44.8. The SMILES string of the molecule is COc1cc(NC(=O)CCCc2ccc(-c3ccccc3)c(N(C(=O)O)C3CCC(N)CC3)c2)c(Cl)cc1CNC[C@@H](O[Si](C)(C)C(C)(C)C)c1ccc(O)c2[nH]c(=O)ccc12. The van der Waals surface area contributed by atoms with E-state index < -0.39 is 20.5 Å². The summed E-state index contributed by atoms with van der Waals surface area (Å²) in [7, 11) is -0.727. The molecule has 7 N–H and O–H groups in total. The summed E-state index contributed by atoms with van der Waals surface area (Å²) >= 11 is 6.78. The predicted molar refractivity (Wildman–Crippen MR) is 251 cm³/mol. The van der Waals surface area contributed by atoms with Crippen LogP contribution in [0, 0.1) is 0 Å². The number of nitrogens with two attached hydrogens (primary N) is 1. The molecule has 0 radical (unpaired) electrons. The minimum absolute atomic E-state index is 0.0138. The smallest absolute Gasteiger partial charge is 0.412 e. The number of phenolic OH excluding ortho intramolecular Hbond substituents is 1. The van der Waals surface area contributed by atoms with Gasteiger partial charge in [-0.3, -0.25) is 14.5 Å². The fraction of sp³-hybridized carbons (Fsp3) is 0.396. The molecule has 2 amide bonds. The lowest BCUT2D eigenvalue weighted by Crippen LogP contribution is -2.44. The highest BCUT2D eigenvalue weighted by Crippen LogP contribution is 2.42. The van der Waals surface area contributed by atoms with Gasteiger partial charge in [-0.1, -0.05) is 80.9 Å². The number of nitrogens with zero attached hydrogens (tertiary/aromatic N) is 1. The summed E-state index contributed by atoms with van der Waals surface area (Å²) in [5.41, 5.74) is 11.6. The molecule has 330 valence electrons. The van der Waals surface area contributed by atoms with Crippen molar-refractivity contribution in [3.8, 4) is 22.6 Å². The summed E-state index contributed by atoms with van der Waals surface area (Å²) in [5, 5.41) is 28.5. The number of rotatable bonds is 16. The highest BCUT2D eigenvalue weighted by Gasteiger charge is 2.40. The van der Waals surface area contributed by atoms with Crippen molar-refractivity contribution < 1.29 is 29.0 Å². The first kappa shape index (κ1) is 46.3. The first-order valence-corrected chi connectivity index (χ1v) is 24.6. The van der Waals surface area contributed by atoms with Crippen molar-refractivity contribution in [2.45, 2.75) is 109 Å². The molecule has 0 spiro atoms. The molecular weight excluding hydrogens is 822 g/mol. The Hall–Kier alpha value is -5.18. The number of methoxy groups -OCH3 is 1. The molecule has 0 saturated heterocycles. The minimum atomic E-state index is -2.29. The summed E-state index contributed by atoms with van der Waals surface area (Å²) in [6.07, 6.45) is 2.87. The van der Waals surface area contributed by atoms with Gasteiger partial charge in [0.15, 0.2) is 8.32 Å². The number of aromatic nitrogens is 1. The van der Waals surface area contributed by atoms with Crippen molar-refractivity contribution in [3.05, 3.63) is 117 Å². The molecule has 0 aliphatic heterocycles. The van der Waals surface area contributed by atoms with Gasteiger partial charge < -0.3 is 40.7 Å². The zero-order valence-corrected chi connectivity index (χ0v) is 38.3. The number of carboxylic acid groups (broad SMARTS) is 1. The molecule has 1 aliphatic carbocycles. The number of amides is 2. The van der Waals surface area contributed by atoms with E-state index in [1.807, 2.05) is 54.6 Å². The Labute approximate surface area is 369 Å². The van der Waals surface area contributed by atoms with Crippen molar-refractivity contribution in [1.82, 2.24) is 10.3 Å². The second kappa shape index (κ2) is 19.9. The maximum atomic E-state index is 13.3. The van der Waals surface area contributed by atoms with Crippen LogP contribution >= 0.6 is 11.6 Å². The van der Waals surface area contributed by atoms with Crippen LogP contribution in [0.1, 0.15) is 82.1 Å². The summed E-state index contributed by atoms with van der Waals surface area (Å²) in [6, 6.07) is 25.7. The Kier molecular flexibility index (Phi) is 14.9. The number of aromatic amines is 1. The largest absolute Gasteiger partial charge is 0.506 e. The fourth-order valence-electron chi connectivity index (χ4n) is 7.92. The van der Waals surface area contributed by atoms with Crippen LogP contribution in [0.5, 0.6) is 11.5 Å². The number of ether oxygens (including phenoxy) is 1. The quantitative estimate of drug-likeness (QED) is 0.0526. The van der Waals surface area contributed by atoms with Crippen LogP contribution in [0.25, 0.3) is 22.0 Å². The molecule has 1 aromatic heterocycles. The van der Waals surface area contributed by atoms with Gasteiger partial charge in [0.05, 0.1) is 35.1 Å². The molecule has 12 nitrogen and oxygen atoms in total. The second-order valence-electron chi connectivity index (χ2n) is 17.8. The van der Waals surface area contributed by atoms with E-state index in [0.29, 0.717) is 71.8 Å². The molecule has 1 atom stereocenters. The number of nitrogens with one attached hydrogen (secondary N) is 3. The first-order valence-electron chi connectivity index (χ1n) is 21.3. The van der Waals surface area contributed by atoms with E-state index >= 15 is 0 Å². The number of pyridine rings is 1. The molecule has 4 aromatic carbocycles. The molecule has 6 rings (SSSR count). The van der Waals surface area contributed by atoms with Gasteiger partial charge in [0, 0.05) is 60.2 Å². The van der Waals surface area contributed by atoms with Gasteiger partial charge in [-0.15, -0.1) is 0 Å². The van der Waals surface area contributed by atoms with Crippen molar-refractivity contribution >= 4 is 54.2 Å². The van der Waals surface area contributed by atoms with Gasteiger partial charge in [0.25, 0.3) is 0 Å². The number of fused-ring (bicyclic) bond motifs is 1. The minimum Gasteiger partial charge on any atom is -0.506 e. The van der Waals surface area contributed by atoms with Crippen LogP contribution in [0.4, 0.5) is 16.2 Å². The number of carbonyl (C=O) groups excluding carboxylic acids is 1. The number of anilines is 2. The van der Waals surface area contributed by atoms with Gasteiger partial charge in [-0.05, 0) is 97.6 Å². The van der Waals surface area contributed by atoms with Gasteiger partial charge >= 0.3 is 6.09 Å². The number of hydrogen-bond acceptors (Lipinski definition) is 8. The Morgan fingerprint density at radius 1 is 1.00 bits per heavy atom. The average molecular weight is 883 g/mol. The number of phenols is 1. The molecule has 0 bridgehead atoms. The van der Waals surface area contributed by atoms with E-state index in [1.165, 1.54) is 11.0 Å².